The second kappa shape index (κ2) is 7.48. The number of thioether (sulfide) groups is 1. The lowest BCUT2D eigenvalue weighted by Gasteiger charge is -2.32. The molecule has 0 aliphatic carbocycles. The lowest BCUT2D eigenvalue weighted by atomic mass is 10.0. The Morgan fingerprint density at radius 3 is 2.54 bits per heavy atom. The molecule has 0 radical (unpaired) electrons. The molecule has 1 unspecified atom stereocenters. The molecule has 4 nitrogen and oxygen atoms in total. The second-order valence-electron chi connectivity index (χ2n) is 6.94. The van der Waals surface area contributed by atoms with Crippen molar-refractivity contribution >= 4 is 27.5 Å². The van der Waals surface area contributed by atoms with Gasteiger partial charge >= 0.3 is 0 Å². The third-order valence-corrected chi connectivity index (χ3v) is 8.33. The van der Waals surface area contributed by atoms with Gasteiger partial charge in [0.05, 0.1) is 11.5 Å². The van der Waals surface area contributed by atoms with Crippen LogP contribution in [0.5, 0.6) is 0 Å². The quantitative estimate of drug-likeness (QED) is 0.821. The van der Waals surface area contributed by atoms with Crippen molar-refractivity contribution < 1.29 is 13.2 Å². The number of carbonyl (C=O) groups is 1. The van der Waals surface area contributed by atoms with Gasteiger partial charge in [0, 0.05) is 29.7 Å². The highest BCUT2D eigenvalue weighted by molar-refractivity contribution is 8.00. The molecule has 0 N–H and O–H groups in total. The van der Waals surface area contributed by atoms with E-state index in [1.54, 1.807) is 0 Å². The summed E-state index contributed by atoms with van der Waals surface area (Å²) in [5.74, 6) is 0.608. The normalized spacial score (nSPS) is 24.2. The molecule has 24 heavy (non-hydrogen) atoms. The molecule has 132 valence electrons. The number of amides is 1. The van der Waals surface area contributed by atoms with E-state index in [4.69, 9.17) is 0 Å². The van der Waals surface area contributed by atoms with Crippen molar-refractivity contribution in [2.45, 2.75) is 42.8 Å². The number of benzene rings is 1. The summed E-state index contributed by atoms with van der Waals surface area (Å²) < 4.78 is 23.0. The average Bonchev–Trinajstić information content (AvgIpc) is 2.89. The van der Waals surface area contributed by atoms with Crippen molar-refractivity contribution in [2.75, 3.05) is 24.6 Å². The maximum Gasteiger partial charge on any atom is 0.222 e. The highest BCUT2D eigenvalue weighted by Gasteiger charge is 2.31. The summed E-state index contributed by atoms with van der Waals surface area (Å²) in [5.41, 5.74) is 1.31. The van der Waals surface area contributed by atoms with Gasteiger partial charge in [-0.1, -0.05) is 18.2 Å². The monoisotopic (exact) mass is 367 g/mol. The molecule has 1 aromatic rings. The zero-order chi connectivity index (χ0) is 17.2. The van der Waals surface area contributed by atoms with Gasteiger partial charge in [-0.3, -0.25) is 4.79 Å². The largest absolute Gasteiger partial charge is 0.343 e. The summed E-state index contributed by atoms with van der Waals surface area (Å²) in [7, 11) is -2.89. The van der Waals surface area contributed by atoms with Crippen LogP contribution in [0, 0.1) is 12.8 Å². The molecule has 1 aromatic carbocycles. The van der Waals surface area contributed by atoms with Crippen molar-refractivity contribution in [3.8, 4) is 0 Å². The Kier molecular flexibility index (Phi) is 5.55. The van der Waals surface area contributed by atoms with Crippen molar-refractivity contribution in [2.24, 2.45) is 5.92 Å². The fourth-order valence-electron chi connectivity index (χ4n) is 3.50. The highest BCUT2D eigenvalue weighted by Crippen LogP contribution is 2.32. The van der Waals surface area contributed by atoms with E-state index in [-0.39, 0.29) is 23.3 Å². The molecular weight excluding hydrogens is 342 g/mol. The van der Waals surface area contributed by atoms with E-state index >= 15 is 0 Å². The van der Waals surface area contributed by atoms with Gasteiger partial charge in [-0.2, -0.15) is 0 Å². The summed E-state index contributed by atoms with van der Waals surface area (Å²) in [6.07, 6.45) is 3.06. The lowest BCUT2D eigenvalue weighted by Crippen LogP contribution is -2.40. The van der Waals surface area contributed by atoms with E-state index in [1.165, 1.54) is 10.5 Å². The van der Waals surface area contributed by atoms with Gasteiger partial charge in [0.1, 0.15) is 0 Å². The molecule has 2 fully saturated rings. The zero-order valence-corrected chi connectivity index (χ0v) is 15.7. The number of rotatable bonds is 4. The van der Waals surface area contributed by atoms with E-state index in [2.05, 4.69) is 31.2 Å². The van der Waals surface area contributed by atoms with Crippen molar-refractivity contribution in [1.29, 1.82) is 0 Å². The van der Waals surface area contributed by atoms with Crippen molar-refractivity contribution in [3.63, 3.8) is 0 Å². The van der Waals surface area contributed by atoms with Gasteiger partial charge in [-0.15, -0.1) is 11.8 Å². The molecule has 0 saturated carbocycles. The molecule has 0 aromatic heterocycles. The minimum absolute atomic E-state index is 0.0292. The molecule has 2 heterocycles. The van der Waals surface area contributed by atoms with Crippen LogP contribution in [0.15, 0.2) is 29.2 Å². The van der Waals surface area contributed by atoms with Crippen LogP contribution in [-0.4, -0.2) is 49.1 Å². The Hall–Kier alpha value is -1.01. The molecule has 0 bridgehead atoms. The molecule has 2 aliphatic heterocycles. The second-order valence-corrected chi connectivity index (χ2v) is 10.5. The van der Waals surface area contributed by atoms with Crippen LogP contribution in [0.2, 0.25) is 0 Å². The van der Waals surface area contributed by atoms with Crippen molar-refractivity contribution in [1.82, 2.24) is 4.90 Å². The summed E-state index contributed by atoms with van der Waals surface area (Å²) >= 11 is 1.92. The third-order valence-electron chi connectivity index (χ3n) is 4.97. The number of hydrogen-bond donors (Lipinski definition) is 0. The first kappa shape index (κ1) is 17.8. The molecule has 1 atom stereocenters. The number of aryl methyl sites for hydroxylation is 1. The topological polar surface area (TPSA) is 54.5 Å². The number of carbonyl (C=O) groups excluding carboxylic acids is 1. The van der Waals surface area contributed by atoms with E-state index in [1.807, 2.05) is 16.7 Å². The van der Waals surface area contributed by atoms with Crippen LogP contribution < -0.4 is 0 Å². The fourth-order valence-corrected chi connectivity index (χ4v) is 6.58. The van der Waals surface area contributed by atoms with Crippen LogP contribution in [0.3, 0.4) is 0 Å². The summed E-state index contributed by atoms with van der Waals surface area (Å²) in [4.78, 5) is 15.7. The van der Waals surface area contributed by atoms with Gasteiger partial charge in [-0.25, -0.2) is 8.42 Å². The van der Waals surface area contributed by atoms with Gasteiger partial charge in [0.25, 0.3) is 0 Å². The van der Waals surface area contributed by atoms with E-state index in [9.17, 15) is 13.2 Å². The molecule has 2 aliphatic rings. The number of nitrogens with zero attached hydrogens (tertiary/aromatic N) is 1. The Labute approximate surface area is 148 Å². The fraction of sp³-hybridized carbons (Fsp3) is 0.611. The van der Waals surface area contributed by atoms with Gasteiger partial charge in [0.15, 0.2) is 9.84 Å². The number of sulfone groups is 1. The van der Waals surface area contributed by atoms with Crippen LogP contribution in [0.4, 0.5) is 0 Å². The standard InChI is InChI=1S/C18H25NO3S2/c1-14-4-2-3-5-17(14)23-16-6-9-19(10-7-16)18(20)12-15-8-11-24(21,22)13-15/h2-5,15-16H,6-13H2,1H3. The molecule has 0 spiro atoms. The van der Waals surface area contributed by atoms with Gasteiger partial charge in [-0.05, 0) is 43.7 Å². The zero-order valence-electron chi connectivity index (χ0n) is 14.1. The average molecular weight is 368 g/mol. The summed E-state index contributed by atoms with van der Waals surface area (Å²) in [6.45, 7) is 3.72. The number of likely N-dealkylation sites (tertiary alicyclic amines) is 1. The van der Waals surface area contributed by atoms with Crippen LogP contribution >= 0.6 is 11.8 Å². The lowest BCUT2D eigenvalue weighted by molar-refractivity contribution is -0.132. The maximum absolute atomic E-state index is 12.4. The van der Waals surface area contributed by atoms with Gasteiger partial charge in [0.2, 0.25) is 5.91 Å². The first-order chi connectivity index (χ1) is 11.4. The van der Waals surface area contributed by atoms with Crippen LogP contribution in [0.1, 0.15) is 31.2 Å². The molecular formula is C18H25NO3S2. The van der Waals surface area contributed by atoms with Crippen LogP contribution in [-0.2, 0) is 14.6 Å². The minimum atomic E-state index is -2.89. The smallest absolute Gasteiger partial charge is 0.222 e. The third kappa shape index (κ3) is 4.54. The Balaban J connectivity index is 1.46. The predicted octanol–water partition coefficient (Wildman–Crippen LogP) is 2.90. The first-order valence-electron chi connectivity index (χ1n) is 8.63. The summed E-state index contributed by atoms with van der Waals surface area (Å²) in [5, 5.41) is 0.557. The maximum atomic E-state index is 12.4. The molecule has 1 amide bonds. The van der Waals surface area contributed by atoms with E-state index in [0.29, 0.717) is 18.1 Å². The van der Waals surface area contributed by atoms with Gasteiger partial charge < -0.3 is 4.90 Å². The van der Waals surface area contributed by atoms with Crippen LogP contribution in [0.25, 0.3) is 0 Å². The molecule has 3 rings (SSSR count). The number of hydrogen-bond acceptors (Lipinski definition) is 4. The Morgan fingerprint density at radius 1 is 1.21 bits per heavy atom. The Bertz CT molecular complexity index is 694. The molecule has 6 heteroatoms. The first-order valence-corrected chi connectivity index (χ1v) is 11.3. The van der Waals surface area contributed by atoms with E-state index in [0.717, 1.165) is 25.9 Å². The Morgan fingerprint density at radius 2 is 1.92 bits per heavy atom. The SMILES string of the molecule is Cc1ccccc1SC1CCN(C(=O)CC2CCS(=O)(=O)C2)CC1. The number of piperidine rings is 1. The predicted molar refractivity (Wildman–Crippen MR) is 98.0 cm³/mol. The summed E-state index contributed by atoms with van der Waals surface area (Å²) in [6, 6.07) is 8.43. The highest BCUT2D eigenvalue weighted by atomic mass is 32.2. The molecule has 2 saturated heterocycles. The minimum Gasteiger partial charge on any atom is -0.343 e. The van der Waals surface area contributed by atoms with E-state index < -0.39 is 9.84 Å². The van der Waals surface area contributed by atoms with Crippen molar-refractivity contribution in [3.05, 3.63) is 29.8 Å².